The Labute approximate surface area is 105 Å². The number of nitrogens with one attached hydrogen (secondary N) is 1. The van der Waals surface area contributed by atoms with Crippen molar-refractivity contribution in [2.75, 3.05) is 20.3 Å². The van der Waals surface area contributed by atoms with Crippen LogP contribution in [0.15, 0.2) is 22.7 Å². The Morgan fingerprint density at radius 1 is 1.50 bits per heavy atom. The van der Waals surface area contributed by atoms with E-state index < -0.39 is 0 Å². The maximum atomic E-state index is 9.08. The van der Waals surface area contributed by atoms with Crippen molar-refractivity contribution in [3.05, 3.63) is 33.8 Å². The zero-order valence-electron chi connectivity index (χ0n) is 9.66. The Hall–Kier alpha value is -0.420. The van der Waals surface area contributed by atoms with Crippen LogP contribution < -0.4 is 5.32 Å². The van der Waals surface area contributed by atoms with Crippen LogP contribution in [0, 0.1) is 6.92 Å². The number of benzene rings is 1. The van der Waals surface area contributed by atoms with Gasteiger partial charge in [0.05, 0.1) is 19.3 Å². The molecule has 0 radical (unpaired) electrons. The number of hydrogen-bond acceptors (Lipinski definition) is 3. The molecule has 1 unspecified atom stereocenters. The van der Waals surface area contributed by atoms with Crippen LogP contribution in [0.25, 0.3) is 0 Å². The minimum absolute atomic E-state index is 0.00919. The Kier molecular flexibility index (Phi) is 5.98. The van der Waals surface area contributed by atoms with E-state index in [4.69, 9.17) is 9.84 Å². The van der Waals surface area contributed by atoms with E-state index in [0.29, 0.717) is 6.61 Å². The van der Waals surface area contributed by atoms with E-state index in [1.165, 1.54) is 11.1 Å². The van der Waals surface area contributed by atoms with Gasteiger partial charge in [0.15, 0.2) is 0 Å². The number of ether oxygens (including phenoxy) is 1. The molecule has 0 heterocycles. The summed E-state index contributed by atoms with van der Waals surface area (Å²) in [6.45, 7) is 3.39. The first-order valence-corrected chi connectivity index (χ1v) is 6.05. The Morgan fingerprint density at radius 2 is 2.25 bits per heavy atom. The molecule has 1 rings (SSSR count). The van der Waals surface area contributed by atoms with Gasteiger partial charge in [0.25, 0.3) is 0 Å². The lowest BCUT2D eigenvalue weighted by Gasteiger charge is -2.15. The molecular weight excluding hydrogens is 270 g/mol. The second-order valence-electron chi connectivity index (χ2n) is 3.80. The number of aryl methyl sites for hydroxylation is 1. The molecule has 2 N–H and O–H groups in total. The molecular formula is C12H18BrNO2. The first kappa shape index (κ1) is 13.6. The van der Waals surface area contributed by atoms with E-state index in [0.717, 1.165) is 11.0 Å². The molecule has 0 bridgehead atoms. The van der Waals surface area contributed by atoms with Gasteiger partial charge in [-0.25, -0.2) is 0 Å². The van der Waals surface area contributed by atoms with Gasteiger partial charge in [-0.05, 0) is 24.1 Å². The summed E-state index contributed by atoms with van der Waals surface area (Å²) in [4.78, 5) is 0. The van der Waals surface area contributed by atoms with Crippen LogP contribution in [0.1, 0.15) is 11.1 Å². The Bertz CT molecular complexity index is 331. The highest BCUT2D eigenvalue weighted by Gasteiger charge is 2.06. The molecule has 0 aliphatic carbocycles. The highest BCUT2D eigenvalue weighted by molar-refractivity contribution is 9.10. The van der Waals surface area contributed by atoms with Crippen LogP contribution in [0.4, 0.5) is 0 Å². The maximum Gasteiger partial charge on any atom is 0.0638 e. The van der Waals surface area contributed by atoms with Crippen molar-refractivity contribution >= 4 is 15.9 Å². The molecule has 0 saturated heterocycles. The Balaban J connectivity index is 2.50. The summed E-state index contributed by atoms with van der Waals surface area (Å²) in [5.41, 5.74) is 2.41. The fourth-order valence-corrected chi connectivity index (χ4v) is 1.81. The van der Waals surface area contributed by atoms with Crippen molar-refractivity contribution in [3.8, 4) is 0 Å². The predicted molar refractivity (Wildman–Crippen MR) is 68.5 cm³/mol. The van der Waals surface area contributed by atoms with Gasteiger partial charge in [-0.2, -0.15) is 0 Å². The molecule has 1 aromatic rings. The van der Waals surface area contributed by atoms with Gasteiger partial charge < -0.3 is 15.2 Å². The zero-order valence-corrected chi connectivity index (χ0v) is 11.3. The van der Waals surface area contributed by atoms with Crippen molar-refractivity contribution in [2.45, 2.75) is 19.5 Å². The van der Waals surface area contributed by atoms with Crippen molar-refractivity contribution < 1.29 is 9.84 Å². The standard InChI is InChI=1S/C12H18BrNO2/c1-9-3-4-10(5-12(9)13)6-14-11(7-15)8-16-2/h3-5,11,14-15H,6-8H2,1-2H3. The van der Waals surface area contributed by atoms with Crippen molar-refractivity contribution in [3.63, 3.8) is 0 Å². The summed E-state index contributed by atoms with van der Waals surface area (Å²) in [7, 11) is 1.63. The van der Waals surface area contributed by atoms with E-state index in [2.05, 4.69) is 46.4 Å². The van der Waals surface area contributed by atoms with E-state index >= 15 is 0 Å². The van der Waals surface area contributed by atoms with E-state index in [-0.39, 0.29) is 12.6 Å². The van der Waals surface area contributed by atoms with Crippen molar-refractivity contribution in [1.29, 1.82) is 0 Å². The van der Waals surface area contributed by atoms with E-state index in [1.807, 2.05) is 0 Å². The smallest absolute Gasteiger partial charge is 0.0638 e. The molecule has 16 heavy (non-hydrogen) atoms. The van der Waals surface area contributed by atoms with Gasteiger partial charge >= 0.3 is 0 Å². The second-order valence-corrected chi connectivity index (χ2v) is 4.65. The number of halogens is 1. The maximum absolute atomic E-state index is 9.08. The summed E-state index contributed by atoms with van der Waals surface area (Å²) in [5.74, 6) is 0. The predicted octanol–water partition coefficient (Wildman–Crippen LogP) is 1.85. The summed E-state index contributed by atoms with van der Waals surface area (Å²) >= 11 is 3.50. The molecule has 1 aromatic carbocycles. The topological polar surface area (TPSA) is 41.5 Å². The molecule has 0 aliphatic rings. The van der Waals surface area contributed by atoms with Crippen LogP contribution in [0.3, 0.4) is 0 Å². The minimum Gasteiger partial charge on any atom is -0.395 e. The number of rotatable bonds is 6. The average Bonchev–Trinajstić information content (AvgIpc) is 2.28. The van der Waals surface area contributed by atoms with Crippen LogP contribution >= 0.6 is 15.9 Å². The van der Waals surface area contributed by atoms with Crippen LogP contribution in [-0.2, 0) is 11.3 Å². The van der Waals surface area contributed by atoms with Crippen molar-refractivity contribution in [2.24, 2.45) is 0 Å². The Morgan fingerprint density at radius 3 is 2.81 bits per heavy atom. The van der Waals surface area contributed by atoms with Gasteiger partial charge in [-0.15, -0.1) is 0 Å². The molecule has 1 atom stereocenters. The third-order valence-electron chi connectivity index (χ3n) is 2.42. The second kappa shape index (κ2) is 7.01. The molecule has 3 nitrogen and oxygen atoms in total. The quantitative estimate of drug-likeness (QED) is 0.839. The molecule has 0 saturated carbocycles. The fraction of sp³-hybridized carbons (Fsp3) is 0.500. The zero-order chi connectivity index (χ0) is 12.0. The van der Waals surface area contributed by atoms with Gasteiger partial charge in [0.2, 0.25) is 0 Å². The summed E-state index contributed by atoms with van der Waals surface area (Å²) < 4.78 is 6.10. The van der Waals surface area contributed by atoms with E-state index in [9.17, 15) is 0 Å². The lowest BCUT2D eigenvalue weighted by molar-refractivity contribution is 0.128. The van der Waals surface area contributed by atoms with Crippen LogP contribution in [-0.4, -0.2) is 31.5 Å². The molecule has 0 aromatic heterocycles. The first-order valence-electron chi connectivity index (χ1n) is 5.25. The molecule has 0 spiro atoms. The van der Waals surface area contributed by atoms with Crippen LogP contribution in [0.5, 0.6) is 0 Å². The molecule has 0 fully saturated rings. The number of hydrogen-bond donors (Lipinski definition) is 2. The summed E-state index contributed by atoms with van der Waals surface area (Å²) in [6.07, 6.45) is 0. The highest BCUT2D eigenvalue weighted by Crippen LogP contribution is 2.17. The van der Waals surface area contributed by atoms with Crippen LogP contribution in [0.2, 0.25) is 0 Å². The fourth-order valence-electron chi connectivity index (χ4n) is 1.39. The third kappa shape index (κ3) is 4.22. The van der Waals surface area contributed by atoms with Gasteiger partial charge in [-0.1, -0.05) is 28.1 Å². The lowest BCUT2D eigenvalue weighted by Crippen LogP contribution is -2.35. The molecule has 0 aliphatic heterocycles. The molecule has 90 valence electrons. The molecule has 0 amide bonds. The number of methoxy groups -OCH3 is 1. The third-order valence-corrected chi connectivity index (χ3v) is 3.27. The van der Waals surface area contributed by atoms with Crippen molar-refractivity contribution in [1.82, 2.24) is 5.32 Å². The van der Waals surface area contributed by atoms with Gasteiger partial charge in [0.1, 0.15) is 0 Å². The number of aliphatic hydroxyl groups is 1. The largest absolute Gasteiger partial charge is 0.395 e. The normalized spacial score (nSPS) is 12.8. The summed E-state index contributed by atoms with van der Waals surface area (Å²) in [6, 6.07) is 6.23. The number of aliphatic hydroxyl groups excluding tert-OH is 1. The van der Waals surface area contributed by atoms with Gasteiger partial charge in [0, 0.05) is 18.1 Å². The monoisotopic (exact) mass is 287 g/mol. The first-order chi connectivity index (χ1) is 7.67. The summed E-state index contributed by atoms with van der Waals surface area (Å²) in [5, 5.41) is 12.3. The van der Waals surface area contributed by atoms with Gasteiger partial charge in [-0.3, -0.25) is 0 Å². The lowest BCUT2D eigenvalue weighted by atomic mass is 10.1. The van der Waals surface area contributed by atoms with E-state index in [1.54, 1.807) is 7.11 Å². The average molecular weight is 288 g/mol. The SMILES string of the molecule is COCC(CO)NCc1ccc(C)c(Br)c1. The molecule has 4 heteroatoms. The highest BCUT2D eigenvalue weighted by atomic mass is 79.9. The minimum atomic E-state index is -0.00919.